The number of urea groups is 1. The number of carbonyl (C=O) groups excluding carboxylic acids is 1. The zero-order valence-corrected chi connectivity index (χ0v) is 14.6. The lowest BCUT2D eigenvalue weighted by Crippen LogP contribution is -2.52. The molecule has 1 atom stereocenters. The molecule has 2 amide bonds. The van der Waals surface area contributed by atoms with Crippen LogP contribution >= 0.6 is 0 Å². The van der Waals surface area contributed by atoms with Gasteiger partial charge in [-0.1, -0.05) is 5.16 Å². The van der Waals surface area contributed by atoms with Gasteiger partial charge in [-0.2, -0.15) is 9.29 Å². The van der Waals surface area contributed by atoms with Gasteiger partial charge in [-0.25, -0.2) is 13.2 Å². The molecule has 0 spiro atoms. The molecule has 2 aliphatic heterocycles. The van der Waals surface area contributed by atoms with Crippen LogP contribution in [0, 0.1) is 6.92 Å². The fourth-order valence-corrected chi connectivity index (χ4v) is 5.03. The first-order valence-corrected chi connectivity index (χ1v) is 9.88. The quantitative estimate of drug-likeness (QED) is 0.820. The number of piperidine rings is 1. The number of rotatable bonds is 4. The van der Waals surface area contributed by atoms with E-state index in [-0.39, 0.29) is 17.8 Å². The van der Waals surface area contributed by atoms with Gasteiger partial charge < -0.3 is 14.7 Å². The Balaban J connectivity index is 1.49. The van der Waals surface area contributed by atoms with Gasteiger partial charge in [0, 0.05) is 38.6 Å². The third-order valence-electron chi connectivity index (χ3n) is 4.41. The van der Waals surface area contributed by atoms with E-state index < -0.39 is 10.0 Å². The molecule has 1 N–H and O–H groups in total. The van der Waals surface area contributed by atoms with Crippen molar-refractivity contribution in [1.82, 2.24) is 24.7 Å². The third-order valence-corrected chi connectivity index (χ3v) is 6.41. The van der Waals surface area contributed by atoms with E-state index >= 15 is 0 Å². The van der Waals surface area contributed by atoms with Gasteiger partial charge in [0.15, 0.2) is 5.82 Å². The number of hydrogen-bond donors (Lipinski definition) is 1. The summed E-state index contributed by atoms with van der Waals surface area (Å²) in [6.45, 7) is 3.81. The largest absolute Gasteiger partial charge is 0.339 e. The summed E-state index contributed by atoms with van der Waals surface area (Å²) < 4.78 is 30.7. The molecule has 2 aliphatic rings. The first kappa shape index (κ1) is 17.2. The summed E-state index contributed by atoms with van der Waals surface area (Å²) in [6, 6.07) is -0.275. The smallest absolute Gasteiger partial charge is 0.317 e. The van der Waals surface area contributed by atoms with Gasteiger partial charge in [0.05, 0.1) is 5.75 Å². The van der Waals surface area contributed by atoms with Gasteiger partial charge in [-0.05, 0) is 26.2 Å². The lowest BCUT2D eigenvalue weighted by molar-refractivity contribution is 0.153. The summed E-state index contributed by atoms with van der Waals surface area (Å²) >= 11 is 0. The molecule has 1 unspecified atom stereocenters. The number of likely N-dealkylation sites (tertiary alicyclic amines) is 1. The van der Waals surface area contributed by atoms with Crippen LogP contribution in [-0.2, 0) is 16.4 Å². The van der Waals surface area contributed by atoms with E-state index in [9.17, 15) is 13.2 Å². The lowest BCUT2D eigenvalue weighted by Gasteiger charge is -2.36. The first-order chi connectivity index (χ1) is 11.5. The predicted molar refractivity (Wildman–Crippen MR) is 85.8 cm³/mol. The molecular formula is C14H23N5O4S. The molecule has 0 aliphatic carbocycles. The topological polar surface area (TPSA) is 109 Å². The van der Waals surface area contributed by atoms with Crippen LogP contribution in [0.2, 0.25) is 0 Å². The predicted octanol–water partition coefficient (Wildman–Crippen LogP) is 0.130. The number of carbonyl (C=O) groups is 1. The minimum Gasteiger partial charge on any atom is -0.339 e. The highest BCUT2D eigenvalue weighted by molar-refractivity contribution is 7.89. The number of aryl methyl sites for hydroxylation is 1. The van der Waals surface area contributed by atoms with Crippen molar-refractivity contribution < 1.29 is 17.7 Å². The highest BCUT2D eigenvalue weighted by atomic mass is 32.2. The van der Waals surface area contributed by atoms with Crippen molar-refractivity contribution in [2.45, 2.75) is 38.6 Å². The Morgan fingerprint density at radius 2 is 2.21 bits per heavy atom. The monoisotopic (exact) mass is 357 g/mol. The first-order valence-electron chi connectivity index (χ1n) is 8.27. The summed E-state index contributed by atoms with van der Waals surface area (Å²) in [5, 5.41) is 6.53. The number of hydrogen-bond acceptors (Lipinski definition) is 6. The van der Waals surface area contributed by atoms with Crippen LogP contribution in [0.3, 0.4) is 0 Å². The summed E-state index contributed by atoms with van der Waals surface area (Å²) in [7, 11) is -3.14. The van der Waals surface area contributed by atoms with E-state index in [1.165, 1.54) is 0 Å². The Morgan fingerprint density at radius 1 is 1.38 bits per heavy atom. The maximum atomic E-state index is 12.3. The average Bonchev–Trinajstić information content (AvgIpc) is 3.12. The highest BCUT2D eigenvalue weighted by Gasteiger charge is 2.37. The van der Waals surface area contributed by atoms with E-state index in [0.717, 1.165) is 12.8 Å². The van der Waals surface area contributed by atoms with Crippen LogP contribution in [-0.4, -0.2) is 71.8 Å². The number of nitrogens with one attached hydrogen (secondary N) is 1. The van der Waals surface area contributed by atoms with E-state index in [1.54, 1.807) is 16.1 Å². The molecule has 0 radical (unpaired) electrons. The van der Waals surface area contributed by atoms with Gasteiger partial charge in [0.2, 0.25) is 15.9 Å². The van der Waals surface area contributed by atoms with Gasteiger partial charge in [-0.15, -0.1) is 0 Å². The Morgan fingerprint density at radius 3 is 2.88 bits per heavy atom. The fourth-order valence-electron chi connectivity index (χ4n) is 3.27. The minimum atomic E-state index is -3.14. The van der Waals surface area contributed by atoms with E-state index in [2.05, 4.69) is 15.5 Å². The Kier molecular flexibility index (Phi) is 5.04. The van der Waals surface area contributed by atoms with Gasteiger partial charge in [-0.3, -0.25) is 0 Å². The number of amides is 2. The molecule has 2 fully saturated rings. The molecule has 134 valence electrons. The molecular weight excluding hydrogens is 334 g/mol. The molecule has 3 heterocycles. The minimum absolute atomic E-state index is 0.101. The molecule has 0 saturated carbocycles. The van der Waals surface area contributed by atoms with E-state index in [1.807, 2.05) is 0 Å². The Hall–Kier alpha value is -1.68. The number of nitrogens with zero attached hydrogens (tertiary/aromatic N) is 4. The van der Waals surface area contributed by atoms with Crippen molar-refractivity contribution in [3.05, 3.63) is 11.7 Å². The molecule has 24 heavy (non-hydrogen) atoms. The van der Waals surface area contributed by atoms with Gasteiger partial charge in [0.25, 0.3) is 0 Å². The van der Waals surface area contributed by atoms with Crippen molar-refractivity contribution in [1.29, 1.82) is 0 Å². The summed E-state index contributed by atoms with van der Waals surface area (Å²) in [5.41, 5.74) is 0. The van der Waals surface area contributed by atoms with Crippen LogP contribution in [0.4, 0.5) is 4.79 Å². The van der Waals surface area contributed by atoms with Crippen LogP contribution < -0.4 is 5.32 Å². The van der Waals surface area contributed by atoms with Crippen LogP contribution in [0.25, 0.3) is 0 Å². The molecule has 0 bridgehead atoms. The van der Waals surface area contributed by atoms with Crippen molar-refractivity contribution in [3.8, 4) is 0 Å². The third kappa shape index (κ3) is 3.86. The molecule has 1 aromatic rings. The van der Waals surface area contributed by atoms with Gasteiger partial charge in [0.1, 0.15) is 0 Å². The van der Waals surface area contributed by atoms with E-state index in [0.29, 0.717) is 50.7 Å². The second kappa shape index (κ2) is 7.06. The van der Waals surface area contributed by atoms with Crippen LogP contribution in [0.1, 0.15) is 31.0 Å². The van der Waals surface area contributed by atoms with Crippen molar-refractivity contribution in [3.63, 3.8) is 0 Å². The molecule has 0 aromatic carbocycles. The summed E-state index contributed by atoms with van der Waals surface area (Å²) in [4.78, 5) is 18.1. The van der Waals surface area contributed by atoms with Gasteiger partial charge >= 0.3 is 6.03 Å². The average molecular weight is 357 g/mol. The number of sulfonamides is 1. The second-order valence-corrected chi connectivity index (χ2v) is 8.28. The van der Waals surface area contributed by atoms with Crippen LogP contribution in [0.15, 0.2) is 4.52 Å². The maximum Gasteiger partial charge on any atom is 0.317 e. The molecule has 2 saturated heterocycles. The van der Waals surface area contributed by atoms with Crippen molar-refractivity contribution >= 4 is 16.1 Å². The molecule has 1 aromatic heterocycles. The SMILES string of the molecule is Cc1noc(CCNC(=O)N2CCCC(N3CCCS3(=O)=O)C2)n1. The second-order valence-electron chi connectivity index (χ2n) is 6.24. The Bertz CT molecular complexity index is 689. The fraction of sp³-hybridized carbons (Fsp3) is 0.786. The summed E-state index contributed by atoms with van der Waals surface area (Å²) in [6.07, 6.45) is 2.77. The zero-order valence-electron chi connectivity index (χ0n) is 13.8. The maximum absolute atomic E-state index is 12.3. The highest BCUT2D eigenvalue weighted by Crippen LogP contribution is 2.23. The summed E-state index contributed by atoms with van der Waals surface area (Å²) in [5.74, 6) is 1.29. The lowest BCUT2D eigenvalue weighted by atomic mass is 10.1. The van der Waals surface area contributed by atoms with E-state index in [4.69, 9.17) is 4.52 Å². The van der Waals surface area contributed by atoms with Crippen molar-refractivity contribution in [2.24, 2.45) is 0 Å². The molecule has 9 nitrogen and oxygen atoms in total. The van der Waals surface area contributed by atoms with Crippen molar-refractivity contribution in [2.75, 3.05) is 31.9 Å². The zero-order chi connectivity index (χ0) is 17.2. The normalized spacial score (nSPS) is 24.2. The number of aromatic nitrogens is 2. The standard InChI is InChI=1S/C14H23N5O4S/c1-11-16-13(23-17-11)5-6-15-14(20)18-7-2-4-12(10-18)19-8-3-9-24(19,21)22/h12H,2-10H2,1H3,(H,15,20). The van der Waals surface area contributed by atoms with Crippen LogP contribution in [0.5, 0.6) is 0 Å². The molecule has 3 rings (SSSR count). The molecule has 10 heteroatoms. The Labute approximate surface area is 141 Å².